The zero-order valence-corrected chi connectivity index (χ0v) is 40.9. The van der Waals surface area contributed by atoms with E-state index in [1.807, 2.05) is 6.20 Å². The second kappa shape index (κ2) is 14.2. The van der Waals surface area contributed by atoms with Crippen LogP contribution in [0.4, 0.5) is 0 Å². The molecule has 0 saturated heterocycles. The van der Waals surface area contributed by atoms with Gasteiger partial charge in [-0.25, -0.2) is 15.0 Å². The Bertz CT molecular complexity index is 2490. The van der Waals surface area contributed by atoms with Crippen molar-refractivity contribution in [2.75, 3.05) is 0 Å². The molecule has 0 spiro atoms. The highest BCUT2D eigenvalue weighted by atomic mass is 28.3. The van der Waals surface area contributed by atoms with E-state index in [9.17, 15) is 0 Å². The first-order valence-electron chi connectivity index (χ1n) is 20.4. The molecule has 0 unspecified atom stereocenters. The molecule has 7 aromatic rings. The molecule has 4 aromatic carbocycles. The molecule has 3 aromatic heterocycles. The molecule has 0 radical (unpaired) electrons. The molecule has 3 heterocycles. The fraction of sp³-hybridized carbons (Fsp3) is 0.333. The summed E-state index contributed by atoms with van der Waals surface area (Å²) in [6, 6.07) is 31.4. The highest BCUT2D eigenvalue weighted by molar-refractivity contribution is 6.92. The first kappa shape index (κ1) is 40.9. The Morgan fingerprint density at radius 3 is 1.37 bits per heavy atom. The zero-order chi connectivity index (χ0) is 41.5. The van der Waals surface area contributed by atoms with Crippen LogP contribution < -0.4 is 20.7 Å². The molecule has 0 aliphatic carbocycles. The summed E-state index contributed by atoms with van der Waals surface area (Å²) in [6.45, 7) is 35.7. The predicted molar refractivity (Wildman–Crippen MR) is 257 cm³/mol. The van der Waals surface area contributed by atoms with Gasteiger partial charge in [0.2, 0.25) is 0 Å². The number of fused-ring (bicyclic) bond motifs is 3. The predicted octanol–water partition coefficient (Wildman–Crippen LogP) is 11.3. The number of benzene rings is 4. The number of hydrogen-bond acceptors (Lipinski definition) is 5. The number of nitrogens with zero attached hydrogens (tertiary/aromatic N) is 4. The van der Waals surface area contributed by atoms with Gasteiger partial charge < -0.3 is 4.42 Å². The minimum absolute atomic E-state index is 0.0313. The normalized spacial score (nSPS) is 13.2. The van der Waals surface area contributed by atoms with E-state index in [2.05, 4.69) is 184 Å². The lowest BCUT2D eigenvalue weighted by molar-refractivity contribution is 0.587. The first-order valence-corrected chi connectivity index (χ1v) is 34.4. The van der Waals surface area contributed by atoms with E-state index < -0.39 is 32.3 Å². The Morgan fingerprint density at radius 1 is 0.474 bits per heavy atom. The van der Waals surface area contributed by atoms with E-state index in [-0.39, 0.29) is 5.41 Å². The largest absolute Gasteiger partial charge is 0.455 e. The van der Waals surface area contributed by atoms with E-state index in [4.69, 9.17) is 24.4 Å². The minimum Gasteiger partial charge on any atom is -0.455 e. The van der Waals surface area contributed by atoms with Crippen LogP contribution in [0.2, 0.25) is 78.6 Å². The summed E-state index contributed by atoms with van der Waals surface area (Å²) in [4.78, 5) is 20.9. The van der Waals surface area contributed by atoms with Gasteiger partial charge in [-0.15, -0.1) is 0 Å². The fourth-order valence-electron chi connectivity index (χ4n) is 7.14. The number of rotatable bonds is 8. The maximum absolute atomic E-state index is 6.75. The van der Waals surface area contributed by atoms with Crippen LogP contribution in [0.1, 0.15) is 26.3 Å². The second-order valence-electron chi connectivity index (χ2n) is 21.1. The van der Waals surface area contributed by atoms with E-state index in [1.54, 1.807) is 0 Å². The van der Waals surface area contributed by atoms with E-state index >= 15 is 0 Å². The second-order valence-corrected chi connectivity index (χ2v) is 41.4. The molecule has 0 saturated carbocycles. The standard InChI is InChI=1S/C48H60N4OSi4/c1-48(2,3)34-20-22-42(49-30-34)41-18-16-17-40-39-21-19-31(27-43(39)53-44(40)41)45-50-46(32-23-35(54(4,5)6)28-36(24-32)55(7,8)9)52-47(51-45)33-25-37(56(10,11)12)29-38(26-33)57(13,14)15/h16-30H,1-15H3. The van der Waals surface area contributed by atoms with Gasteiger partial charge in [-0.2, -0.15) is 0 Å². The highest BCUT2D eigenvalue weighted by Gasteiger charge is 2.27. The van der Waals surface area contributed by atoms with Crippen molar-refractivity contribution in [3.63, 3.8) is 0 Å². The fourth-order valence-corrected chi connectivity index (χ4v) is 12.1. The zero-order valence-electron chi connectivity index (χ0n) is 36.9. The smallest absolute Gasteiger partial charge is 0.164 e. The molecule has 0 bridgehead atoms. The topological polar surface area (TPSA) is 64.7 Å². The molecular weight excluding hydrogens is 761 g/mol. The van der Waals surface area contributed by atoms with Gasteiger partial charge in [0.05, 0.1) is 38.0 Å². The van der Waals surface area contributed by atoms with Crippen molar-refractivity contribution in [2.45, 2.75) is 105 Å². The van der Waals surface area contributed by atoms with Gasteiger partial charge in [0.1, 0.15) is 11.2 Å². The van der Waals surface area contributed by atoms with E-state index in [1.165, 1.54) is 26.3 Å². The lowest BCUT2D eigenvalue weighted by atomic mass is 9.88. The van der Waals surface area contributed by atoms with Crippen LogP contribution >= 0.6 is 0 Å². The van der Waals surface area contributed by atoms with Crippen LogP contribution in [-0.2, 0) is 5.41 Å². The molecule has 0 aliphatic heterocycles. The third-order valence-electron chi connectivity index (χ3n) is 11.1. The summed E-state index contributed by atoms with van der Waals surface area (Å²) < 4.78 is 6.75. The Balaban J connectivity index is 1.45. The van der Waals surface area contributed by atoms with Crippen LogP contribution in [0, 0.1) is 0 Å². The molecule has 294 valence electrons. The van der Waals surface area contributed by atoms with Crippen molar-refractivity contribution < 1.29 is 4.42 Å². The summed E-state index contributed by atoms with van der Waals surface area (Å²) in [5, 5.41) is 7.86. The molecule has 7 rings (SSSR count). The molecule has 57 heavy (non-hydrogen) atoms. The first-order chi connectivity index (χ1) is 26.4. The third kappa shape index (κ3) is 8.49. The molecular formula is C48H60N4OSi4. The van der Waals surface area contributed by atoms with Crippen molar-refractivity contribution in [1.29, 1.82) is 0 Å². The van der Waals surface area contributed by atoms with Crippen LogP contribution in [-0.4, -0.2) is 52.2 Å². The van der Waals surface area contributed by atoms with Gasteiger partial charge >= 0.3 is 0 Å². The Morgan fingerprint density at radius 2 is 0.947 bits per heavy atom. The molecule has 0 atom stereocenters. The lowest BCUT2D eigenvalue weighted by Crippen LogP contribution is -2.45. The number of aromatic nitrogens is 4. The average molecular weight is 821 g/mol. The number of para-hydroxylation sites is 1. The van der Waals surface area contributed by atoms with Crippen LogP contribution in [0.3, 0.4) is 0 Å². The van der Waals surface area contributed by atoms with Gasteiger partial charge in [-0.3, -0.25) is 4.98 Å². The molecule has 0 amide bonds. The Hall–Kier alpha value is -4.29. The SMILES string of the molecule is CC(C)(C)c1ccc(-c2cccc3c2oc2cc(-c4nc(-c5cc([Si](C)(C)C)cc([Si](C)(C)C)c5)nc(-c5cc([Si](C)(C)C)cc([Si](C)(C)C)c5)n4)ccc23)nc1. The monoisotopic (exact) mass is 820 g/mol. The van der Waals surface area contributed by atoms with Crippen LogP contribution in [0.25, 0.3) is 67.4 Å². The van der Waals surface area contributed by atoms with Crippen molar-refractivity contribution >= 4 is 75.0 Å². The molecule has 0 fully saturated rings. The van der Waals surface area contributed by atoms with Crippen LogP contribution in [0.5, 0.6) is 0 Å². The summed E-state index contributed by atoms with van der Waals surface area (Å²) in [7, 11) is -6.66. The average Bonchev–Trinajstić information content (AvgIpc) is 3.51. The van der Waals surface area contributed by atoms with Gasteiger partial charge in [0, 0.05) is 39.2 Å². The summed E-state index contributed by atoms with van der Waals surface area (Å²) >= 11 is 0. The molecule has 0 aliphatic rings. The lowest BCUT2D eigenvalue weighted by Gasteiger charge is -2.24. The van der Waals surface area contributed by atoms with Crippen molar-refractivity contribution in [1.82, 2.24) is 19.9 Å². The van der Waals surface area contributed by atoms with Crippen LogP contribution in [0.15, 0.2) is 95.5 Å². The summed E-state index contributed by atoms with van der Waals surface area (Å²) in [5.41, 5.74) is 7.80. The number of furan rings is 1. The van der Waals surface area contributed by atoms with Gasteiger partial charge in [0.15, 0.2) is 17.5 Å². The number of pyridine rings is 1. The summed E-state index contributed by atoms with van der Waals surface area (Å²) in [6.07, 6.45) is 1.99. The molecule has 0 N–H and O–H groups in total. The third-order valence-corrected chi connectivity index (χ3v) is 19.2. The van der Waals surface area contributed by atoms with Crippen molar-refractivity contribution in [3.8, 4) is 45.4 Å². The number of hydrogen-bond donors (Lipinski definition) is 0. The summed E-state index contributed by atoms with van der Waals surface area (Å²) in [5.74, 6) is 2.09. The van der Waals surface area contributed by atoms with E-state index in [0.29, 0.717) is 5.82 Å². The molecule has 9 heteroatoms. The minimum atomic E-state index is -1.66. The quantitative estimate of drug-likeness (QED) is 0.143. The Labute approximate surface area is 344 Å². The van der Waals surface area contributed by atoms with Crippen molar-refractivity contribution in [2.24, 2.45) is 0 Å². The van der Waals surface area contributed by atoms with E-state index in [0.717, 1.165) is 61.5 Å². The maximum atomic E-state index is 6.75. The van der Waals surface area contributed by atoms with Gasteiger partial charge in [0.25, 0.3) is 0 Å². The molecule has 5 nitrogen and oxygen atoms in total. The highest BCUT2D eigenvalue weighted by Crippen LogP contribution is 2.37. The van der Waals surface area contributed by atoms with Gasteiger partial charge in [-0.05, 0) is 35.2 Å². The Kier molecular flexibility index (Phi) is 10.2. The maximum Gasteiger partial charge on any atom is 0.164 e. The van der Waals surface area contributed by atoms with Crippen molar-refractivity contribution in [3.05, 3.63) is 96.7 Å². The van der Waals surface area contributed by atoms with Gasteiger partial charge in [-0.1, -0.05) is 181 Å².